The maximum Gasteiger partial charge on any atom is 0.254 e. The smallest absolute Gasteiger partial charge is 0.254 e. The molecular weight excluding hydrogens is 240 g/mol. The Morgan fingerprint density at radius 3 is 2.88 bits per heavy atom. The Morgan fingerprint density at radius 1 is 1.59 bits per heavy atom. The standard InChI is InChI=1S/C12H17ClN2O2/c1-8(5-6-16)7-15-12(17)11-9(13)3-2-4-10(11)14/h2-4,8,16H,5-7,14H2,1H3,(H,15,17). The number of anilines is 1. The third-order valence-electron chi connectivity index (χ3n) is 2.51. The van der Waals surface area contributed by atoms with E-state index in [0.717, 1.165) is 0 Å². The molecule has 5 heteroatoms. The molecule has 0 aromatic heterocycles. The van der Waals surface area contributed by atoms with Crippen LogP contribution >= 0.6 is 11.6 Å². The first-order valence-corrected chi connectivity index (χ1v) is 5.87. The van der Waals surface area contributed by atoms with Gasteiger partial charge in [-0.2, -0.15) is 0 Å². The second-order valence-corrected chi connectivity index (χ2v) is 4.44. The number of aliphatic hydroxyl groups excluding tert-OH is 1. The number of amides is 1. The van der Waals surface area contributed by atoms with E-state index in [0.29, 0.717) is 29.2 Å². The van der Waals surface area contributed by atoms with Gasteiger partial charge in [-0.25, -0.2) is 0 Å². The minimum absolute atomic E-state index is 0.116. The molecule has 0 aliphatic heterocycles. The molecule has 1 unspecified atom stereocenters. The summed E-state index contributed by atoms with van der Waals surface area (Å²) < 4.78 is 0. The van der Waals surface area contributed by atoms with Gasteiger partial charge in [0.15, 0.2) is 0 Å². The van der Waals surface area contributed by atoms with Crippen molar-refractivity contribution in [2.24, 2.45) is 5.92 Å². The molecule has 94 valence electrons. The van der Waals surface area contributed by atoms with Crippen molar-refractivity contribution < 1.29 is 9.90 Å². The molecule has 0 saturated heterocycles. The molecule has 1 aromatic rings. The van der Waals surface area contributed by atoms with Crippen LogP contribution in [0.3, 0.4) is 0 Å². The summed E-state index contributed by atoms with van der Waals surface area (Å²) in [6.07, 6.45) is 0.651. The van der Waals surface area contributed by atoms with E-state index in [9.17, 15) is 4.79 Å². The zero-order valence-corrected chi connectivity index (χ0v) is 10.5. The molecule has 17 heavy (non-hydrogen) atoms. The van der Waals surface area contributed by atoms with Crippen molar-refractivity contribution in [3.63, 3.8) is 0 Å². The third kappa shape index (κ3) is 3.91. The van der Waals surface area contributed by atoms with Crippen molar-refractivity contribution in [1.29, 1.82) is 0 Å². The van der Waals surface area contributed by atoms with Crippen LogP contribution in [0.5, 0.6) is 0 Å². The number of hydrogen-bond acceptors (Lipinski definition) is 3. The molecule has 0 bridgehead atoms. The molecule has 0 radical (unpaired) electrons. The molecule has 0 aliphatic carbocycles. The molecule has 1 rings (SSSR count). The predicted octanol–water partition coefficient (Wildman–Crippen LogP) is 1.67. The number of benzene rings is 1. The molecule has 4 nitrogen and oxygen atoms in total. The zero-order chi connectivity index (χ0) is 12.8. The van der Waals surface area contributed by atoms with Gasteiger partial charge in [0.25, 0.3) is 5.91 Å². The van der Waals surface area contributed by atoms with Crippen LogP contribution in [0.4, 0.5) is 5.69 Å². The van der Waals surface area contributed by atoms with Gasteiger partial charge in [0, 0.05) is 18.8 Å². The van der Waals surface area contributed by atoms with Gasteiger partial charge in [-0.15, -0.1) is 0 Å². The average Bonchev–Trinajstić information content (AvgIpc) is 2.26. The summed E-state index contributed by atoms with van der Waals surface area (Å²) in [4.78, 5) is 11.9. The molecule has 0 fully saturated rings. The van der Waals surface area contributed by atoms with E-state index in [2.05, 4.69) is 5.32 Å². The number of halogens is 1. The molecular formula is C12H17ClN2O2. The van der Waals surface area contributed by atoms with E-state index in [1.807, 2.05) is 6.92 Å². The number of rotatable bonds is 5. The molecule has 1 aromatic carbocycles. The Balaban J connectivity index is 2.64. The predicted molar refractivity (Wildman–Crippen MR) is 69.1 cm³/mol. The second kappa shape index (κ2) is 6.47. The summed E-state index contributed by atoms with van der Waals surface area (Å²) >= 11 is 5.92. The fourth-order valence-corrected chi connectivity index (χ4v) is 1.73. The van der Waals surface area contributed by atoms with Crippen molar-refractivity contribution >= 4 is 23.2 Å². The first-order chi connectivity index (χ1) is 8.06. The molecule has 0 heterocycles. The number of nitrogens with two attached hydrogens (primary N) is 1. The quantitative estimate of drug-likeness (QED) is 0.702. The van der Waals surface area contributed by atoms with Crippen LogP contribution in [0.1, 0.15) is 23.7 Å². The molecule has 4 N–H and O–H groups in total. The number of nitrogen functional groups attached to an aromatic ring is 1. The van der Waals surface area contributed by atoms with E-state index < -0.39 is 0 Å². The van der Waals surface area contributed by atoms with Gasteiger partial charge < -0.3 is 16.2 Å². The van der Waals surface area contributed by atoms with Gasteiger partial charge >= 0.3 is 0 Å². The van der Waals surface area contributed by atoms with E-state index in [1.165, 1.54) is 0 Å². The van der Waals surface area contributed by atoms with Gasteiger partial charge in [-0.3, -0.25) is 4.79 Å². The van der Waals surface area contributed by atoms with Crippen molar-refractivity contribution in [3.8, 4) is 0 Å². The maximum atomic E-state index is 11.9. The number of carbonyl (C=O) groups excluding carboxylic acids is 1. The highest BCUT2D eigenvalue weighted by atomic mass is 35.5. The fourth-order valence-electron chi connectivity index (χ4n) is 1.46. The Hall–Kier alpha value is -1.26. The first kappa shape index (κ1) is 13.8. The zero-order valence-electron chi connectivity index (χ0n) is 9.74. The second-order valence-electron chi connectivity index (χ2n) is 4.03. The SMILES string of the molecule is CC(CCO)CNC(=O)c1c(N)cccc1Cl. The Labute approximate surface area is 106 Å². The van der Waals surface area contributed by atoms with Gasteiger partial charge in [-0.1, -0.05) is 24.6 Å². The van der Waals surface area contributed by atoms with Crippen molar-refractivity contribution in [3.05, 3.63) is 28.8 Å². The number of nitrogens with one attached hydrogen (secondary N) is 1. The maximum absolute atomic E-state index is 11.9. The Kier molecular flexibility index (Phi) is 5.25. The normalized spacial score (nSPS) is 12.2. The molecule has 0 saturated carbocycles. The van der Waals surface area contributed by atoms with Crippen LogP contribution in [0.15, 0.2) is 18.2 Å². The Morgan fingerprint density at radius 2 is 2.29 bits per heavy atom. The van der Waals surface area contributed by atoms with E-state index in [4.69, 9.17) is 22.4 Å². The number of hydrogen-bond donors (Lipinski definition) is 3. The molecule has 1 amide bonds. The van der Waals surface area contributed by atoms with Crippen molar-refractivity contribution in [2.45, 2.75) is 13.3 Å². The molecule has 0 aliphatic rings. The minimum Gasteiger partial charge on any atom is -0.398 e. The van der Waals surface area contributed by atoms with Gasteiger partial charge in [0.05, 0.1) is 10.6 Å². The van der Waals surface area contributed by atoms with Crippen molar-refractivity contribution in [1.82, 2.24) is 5.32 Å². The van der Waals surface area contributed by atoms with Crippen LogP contribution in [-0.2, 0) is 0 Å². The van der Waals surface area contributed by atoms with Crippen LogP contribution in [-0.4, -0.2) is 24.2 Å². The Bertz CT molecular complexity index is 376. The topological polar surface area (TPSA) is 75.3 Å². The summed E-state index contributed by atoms with van der Waals surface area (Å²) in [7, 11) is 0. The average molecular weight is 257 g/mol. The van der Waals surface area contributed by atoms with E-state index in [-0.39, 0.29) is 18.4 Å². The molecule has 1 atom stereocenters. The summed E-state index contributed by atoms with van der Waals surface area (Å²) in [5.74, 6) is -0.0643. The summed E-state index contributed by atoms with van der Waals surface area (Å²) in [5, 5.41) is 11.8. The van der Waals surface area contributed by atoms with Gasteiger partial charge in [0.1, 0.15) is 0 Å². The first-order valence-electron chi connectivity index (χ1n) is 5.49. The summed E-state index contributed by atoms with van der Waals surface area (Å²) in [6, 6.07) is 4.96. The lowest BCUT2D eigenvalue weighted by atomic mass is 10.1. The third-order valence-corrected chi connectivity index (χ3v) is 2.82. The lowest BCUT2D eigenvalue weighted by Gasteiger charge is -2.12. The van der Waals surface area contributed by atoms with Crippen LogP contribution < -0.4 is 11.1 Å². The fraction of sp³-hybridized carbons (Fsp3) is 0.417. The minimum atomic E-state index is -0.280. The lowest BCUT2D eigenvalue weighted by Crippen LogP contribution is -2.29. The number of carbonyl (C=O) groups is 1. The summed E-state index contributed by atoms with van der Waals surface area (Å²) in [5.41, 5.74) is 6.38. The molecule has 0 spiro atoms. The highest BCUT2D eigenvalue weighted by Gasteiger charge is 2.14. The monoisotopic (exact) mass is 256 g/mol. The largest absolute Gasteiger partial charge is 0.398 e. The van der Waals surface area contributed by atoms with Crippen LogP contribution in [0.2, 0.25) is 5.02 Å². The summed E-state index contributed by atoms with van der Waals surface area (Å²) in [6.45, 7) is 2.56. The van der Waals surface area contributed by atoms with Gasteiger partial charge in [0.2, 0.25) is 0 Å². The van der Waals surface area contributed by atoms with Crippen LogP contribution in [0, 0.1) is 5.92 Å². The highest BCUT2D eigenvalue weighted by Crippen LogP contribution is 2.21. The number of aliphatic hydroxyl groups is 1. The van der Waals surface area contributed by atoms with Gasteiger partial charge in [-0.05, 0) is 24.5 Å². The van der Waals surface area contributed by atoms with Crippen molar-refractivity contribution in [2.75, 3.05) is 18.9 Å². The lowest BCUT2D eigenvalue weighted by molar-refractivity contribution is 0.0946. The highest BCUT2D eigenvalue weighted by molar-refractivity contribution is 6.34. The van der Waals surface area contributed by atoms with E-state index >= 15 is 0 Å². The van der Waals surface area contributed by atoms with E-state index in [1.54, 1.807) is 18.2 Å². The van der Waals surface area contributed by atoms with Crippen LogP contribution in [0.25, 0.3) is 0 Å².